The molecule has 1 fully saturated rings. The van der Waals surface area contributed by atoms with Crippen molar-refractivity contribution in [3.63, 3.8) is 0 Å². The number of alkyl halides is 3. The minimum Gasteiger partial charge on any atom is -0.427 e. The third-order valence-electron chi connectivity index (χ3n) is 13.1. The first-order valence-corrected chi connectivity index (χ1v) is 27.1. The molecule has 0 saturated carbocycles. The molecule has 6 aromatic carbocycles. The Hall–Kier alpha value is -8.33. The van der Waals surface area contributed by atoms with Crippen LogP contribution >= 0.6 is 22.9 Å². The van der Waals surface area contributed by atoms with Crippen molar-refractivity contribution >= 4 is 67.7 Å². The van der Waals surface area contributed by atoms with Crippen LogP contribution in [0.2, 0.25) is 4.34 Å². The average molecular weight is 1130 g/mol. The van der Waals surface area contributed by atoms with Crippen LogP contribution in [-0.2, 0) is 58.9 Å². The van der Waals surface area contributed by atoms with E-state index in [9.17, 15) is 36.0 Å². The zero-order valence-corrected chi connectivity index (χ0v) is 44.7. The van der Waals surface area contributed by atoms with Gasteiger partial charge in [0.15, 0.2) is 22.3 Å². The molecular weight excluding hydrogens is 1080 g/mol. The predicted molar refractivity (Wildman–Crippen MR) is 288 cm³/mol. The lowest BCUT2D eigenvalue weighted by Gasteiger charge is -2.49. The Morgan fingerprint density at radius 2 is 1.15 bits per heavy atom. The third kappa shape index (κ3) is 11.1. The highest BCUT2D eigenvalue weighted by molar-refractivity contribution is 7.87. The number of hydrogen-bond donors (Lipinski definition) is 2. The van der Waals surface area contributed by atoms with Crippen LogP contribution in [0.25, 0.3) is 0 Å². The Kier molecular flexibility index (Phi) is 15.8. The minimum atomic E-state index is -6.38. The van der Waals surface area contributed by atoms with Crippen LogP contribution in [0.15, 0.2) is 199 Å². The van der Waals surface area contributed by atoms with Crippen molar-refractivity contribution in [2.45, 2.75) is 62.3 Å². The summed E-state index contributed by atoms with van der Waals surface area (Å²) in [4.78, 5) is 68.2. The lowest BCUT2D eigenvalue weighted by atomic mass is 9.77. The average Bonchev–Trinajstić information content (AvgIpc) is 4.00. The van der Waals surface area contributed by atoms with Crippen LogP contribution in [0.3, 0.4) is 0 Å². The van der Waals surface area contributed by atoms with E-state index in [-0.39, 0.29) is 21.6 Å². The standard InChI is InChI=1S/C58H49ClF3N5O10S2/c1-55(2,3)53(71)75-36-74-52(70)48-44(76-79(72,73)58(60,61)62)35-34-43-45(51(69)67(43)48)63-50(68)47(66-77-57(40-28-16-7-17-29-40,41-30-18-8-19-31-41)42-32-20-9-21-33-42)46-49(59)78-54(64-46)65-56(37-22-10-4-11-23-37,38-24-12-5-13-25-38)39-26-14-6-15-27-39/h4-33,43,45H,34-36H2,1-3H3,(H,63,68)(H,64,65)/t43-,45+/m1/s1. The number of aromatic nitrogens is 1. The summed E-state index contributed by atoms with van der Waals surface area (Å²) in [6, 6.07) is 53.5. The van der Waals surface area contributed by atoms with E-state index >= 15 is 4.79 Å². The number of anilines is 1. The zero-order valence-electron chi connectivity index (χ0n) is 42.3. The van der Waals surface area contributed by atoms with Crippen molar-refractivity contribution < 1.29 is 59.3 Å². The van der Waals surface area contributed by atoms with Gasteiger partial charge in [-0.15, -0.1) is 0 Å². The van der Waals surface area contributed by atoms with E-state index in [0.717, 1.165) is 28.0 Å². The van der Waals surface area contributed by atoms with E-state index in [4.69, 9.17) is 30.9 Å². The van der Waals surface area contributed by atoms with Gasteiger partial charge in [-0.25, -0.2) is 9.78 Å². The maximum Gasteiger partial charge on any atom is 0.534 e. The number of esters is 2. The number of carbonyl (C=O) groups excluding carboxylic acids is 4. The summed E-state index contributed by atoms with van der Waals surface area (Å²) in [7, 11) is -6.38. The topological polar surface area (TPSA) is 192 Å². The van der Waals surface area contributed by atoms with Crippen LogP contribution in [0, 0.1) is 5.41 Å². The normalized spacial score (nSPS) is 16.0. The largest absolute Gasteiger partial charge is 0.534 e. The zero-order chi connectivity index (χ0) is 56.2. The highest BCUT2D eigenvalue weighted by Crippen LogP contribution is 2.45. The first-order valence-electron chi connectivity index (χ1n) is 24.5. The first-order chi connectivity index (χ1) is 37.8. The van der Waals surface area contributed by atoms with Crippen molar-refractivity contribution in [3.8, 4) is 0 Å². The van der Waals surface area contributed by atoms with Crippen LogP contribution in [0.4, 0.5) is 18.3 Å². The predicted octanol–water partition coefficient (Wildman–Crippen LogP) is 10.6. The molecular formula is C58H49ClF3N5O10S2. The van der Waals surface area contributed by atoms with Gasteiger partial charge in [0.1, 0.15) is 21.6 Å². The number of thiazole rings is 1. The SMILES string of the molecule is CC(C)(C)C(=O)OCOC(=O)C1=C(OS(=O)(=O)C(F)(F)F)CC[C@@H]2[C@H](NC(=O)C(=NOC(c3ccccc3)(c3ccccc3)c3ccccc3)c3nc(NC(c4ccccc4)(c4ccccc4)c4ccccc4)sc3Cl)C(=O)N12. The fraction of sp³-hybridized carbons (Fsp3) is 0.207. The van der Waals surface area contributed by atoms with E-state index in [2.05, 4.69) is 20.0 Å². The molecule has 0 aliphatic carbocycles. The van der Waals surface area contributed by atoms with Crippen LogP contribution in [-0.4, -0.2) is 72.2 Å². The van der Waals surface area contributed by atoms with E-state index in [1.165, 1.54) is 20.8 Å². The Morgan fingerprint density at radius 3 is 1.58 bits per heavy atom. The Balaban J connectivity index is 1.15. The van der Waals surface area contributed by atoms with Crippen LogP contribution in [0.5, 0.6) is 0 Å². The summed E-state index contributed by atoms with van der Waals surface area (Å²) < 4.78 is 80.2. The number of halogens is 4. The number of nitrogens with zero attached hydrogens (tertiary/aromatic N) is 3. The van der Waals surface area contributed by atoms with E-state index < -0.39 is 98.4 Å². The van der Waals surface area contributed by atoms with Gasteiger partial charge in [-0.2, -0.15) is 21.6 Å². The van der Waals surface area contributed by atoms with Gasteiger partial charge in [-0.3, -0.25) is 19.3 Å². The van der Waals surface area contributed by atoms with Gasteiger partial charge in [-0.1, -0.05) is 210 Å². The number of carbonyl (C=O) groups is 4. The smallest absolute Gasteiger partial charge is 0.427 e. The molecule has 2 N–H and O–H groups in total. The number of hydrogen-bond acceptors (Lipinski definition) is 14. The summed E-state index contributed by atoms with van der Waals surface area (Å²) in [6.07, 6.45) is -0.998. The second-order valence-corrected chi connectivity index (χ2v) is 22.3. The van der Waals surface area contributed by atoms with Gasteiger partial charge in [0, 0.05) is 23.1 Å². The summed E-state index contributed by atoms with van der Waals surface area (Å²) in [6.45, 7) is 3.46. The molecule has 79 heavy (non-hydrogen) atoms. The van der Waals surface area contributed by atoms with Crippen molar-refractivity contribution in [2.24, 2.45) is 10.6 Å². The highest BCUT2D eigenvalue weighted by Gasteiger charge is 2.57. The summed E-state index contributed by atoms with van der Waals surface area (Å²) in [5.41, 5.74) is -7.16. The summed E-state index contributed by atoms with van der Waals surface area (Å²) >= 11 is 8.20. The summed E-state index contributed by atoms with van der Waals surface area (Å²) in [5.74, 6) is -5.60. The lowest BCUT2D eigenvalue weighted by Crippen LogP contribution is -2.72. The number of rotatable bonds is 18. The number of allylic oxidation sites excluding steroid dienone is 1. The molecule has 2 aliphatic rings. The van der Waals surface area contributed by atoms with E-state index in [1.807, 2.05) is 182 Å². The van der Waals surface area contributed by atoms with E-state index in [0.29, 0.717) is 21.6 Å². The van der Waals surface area contributed by atoms with Gasteiger partial charge in [0.05, 0.1) is 11.5 Å². The third-order valence-corrected chi connectivity index (χ3v) is 15.3. The Morgan fingerprint density at radius 1 is 0.709 bits per heavy atom. The molecule has 406 valence electrons. The second-order valence-electron chi connectivity index (χ2n) is 19.2. The molecule has 9 rings (SSSR count). The number of amides is 2. The van der Waals surface area contributed by atoms with Crippen molar-refractivity contribution in [1.82, 2.24) is 15.2 Å². The van der Waals surface area contributed by atoms with Crippen molar-refractivity contribution in [2.75, 3.05) is 12.1 Å². The molecule has 0 radical (unpaired) electrons. The molecule has 21 heteroatoms. The highest BCUT2D eigenvalue weighted by atomic mass is 35.5. The van der Waals surface area contributed by atoms with Crippen LogP contribution < -0.4 is 10.6 Å². The molecule has 15 nitrogen and oxygen atoms in total. The van der Waals surface area contributed by atoms with Gasteiger partial charge in [-0.05, 0) is 43.9 Å². The number of fused-ring (bicyclic) bond motifs is 1. The summed E-state index contributed by atoms with van der Waals surface area (Å²) in [5, 5.41) is 11.2. The first kappa shape index (κ1) is 55.4. The van der Waals surface area contributed by atoms with Gasteiger partial charge in [0.2, 0.25) is 12.4 Å². The second kappa shape index (κ2) is 22.6. The minimum absolute atomic E-state index is 0.0418. The number of β-lactam (4-membered cyclic amide) rings is 1. The Bertz CT molecular complexity index is 3340. The monoisotopic (exact) mass is 1130 g/mol. The molecule has 3 heterocycles. The maximum absolute atomic E-state index is 15.3. The lowest BCUT2D eigenvalue weighted by molar-refractivity contribution is -0.174. The molecule has 2 amide bonds. The quantitative estimate of drug-likeness (QED) is 0.0121. The van der Waals surface area contributed by atoms with Crippen LogP contribution in [0.1, 0.15) is 72.7 Å². The van der Waals surface area contributed by atoms with Gasteiger partial charge in [0.25, 0.3) is 11.8 Å². The molecule has 0 unspecified atom stereocenters. The Labute approximate surface area is 461 Å². The van der Waals surface area contributed by atoms with E-state index in [1.54, 1.807) is 0 Å². The molecule has 2 atom stereocenters. The number of oxime groups is 1. The van der Waals surface area contributed by atoms with Crippen molar-refractivity contribution in [1.29, 1.82) is 0 Å². The fourth-order valence-electron chi connectivity index (χ4n) is 9.34. The molecule has 0 bridgehead atoms. The molecule has 1 aromatic heterocycles. The molecule has 0 spiro atoms. The molecule has 7 aromatic rings. The number of nitrogens with one attached hydrogen (secondary N) is 2. The number of benzene rings is 6. The van der Waals surface area contributed by atoms with Gasteiger partial charge >= 0.3 is 27.6 Å². The molecule has 1 saturated heterocycles. The number of ether oxygens (including phenoxy) is 2. The molecule has 2 aliphatic heterocycles. The maximum atomic E-state index is 15.3. The van der Waals surface area contributed by atoms with Gasteiger partial charge < -0.3 is 29.1 Å². The van der Waals surface area contributed by atoms with Crippen molar-refractivity contribution in [3.05, 3.63) is 237 Å². The fourth-order valence-corrected chi connectivity index (χ4v) is 11.0.